The quantitative estimate of drug-likeness (QED) is 0.498. The van der Waals surface area contributed by atoms with Gasteiger partial charge in [0.15, 0.2) is 11.6 Å². The van der Waals surface area contributed by atoms with E-state index in [0.717, 1.165) is 61.7 Å². The molecule has 1 fully saturated rings. The molecule has 1 aliphatic rings. The van der Waals surface area contributed by atoms with Gasteiger partial charge in [0.05, 0.1) is 0 Å². The second kappa shape index (κ2) is 8.32. The van der Waals surface area contributed by atoms with Gasteiger partial charge in [-0.3, -0.25) is 9.39 Å². The molecule has 0 aromatic carbocycles. The number of aliphatic imine (C=N–C) groups is 1. The zero-order valence-electron chi connectivity index (χ0n) is 15.6. The third-order valence-electron chi connectivity index (χ3n) is 4.85. The highest BCUT2D eigenvalue weighted by atomic mass is 15.3. The minimum absolute atomic E-state index is 0.776. The van der Waals surface area contributed by atoms with Gasteiger partial charge in [-0.25, -0.2) is 0 Å². The molecule has 0 amide bonds. The van der Waals surface area contributed by atoms with Crippen molar-refractivity contribution < 1.29 is 0 Å². The van der Waals surface area contributed by atoms with Crippen LogP contribution in [0.3, 0.4) is 0 Å². The Balaban J connectivity index is 1.45. The largest absolute Gasteiger partial charge is 0.356 e. The SMILES string of the molecule is CN=C(NCCCc1nnc2ccccn12)N1CCC(CC(C)C)C1. The van der Waals surface area contributed by atoms with Gasteiger partial charge in [0.2, 0.25) is 0 Å². The Hall–Kier alpha value is -2.11. The third-order valence-corrected chi connectivity index (χ3v) is 4.85. The predicted molar refractivity (Wildman–Crippen MR) is 102 cm³/mol. The molecule has 0 saturated carbocycles. The fourth-order valence-corrected chi connectivity index (χ4v) is 3.72. The maximum Gasteiger partial charge on any atom is 0.193 e. The number of nitrogens with one attached hydrogen (secondary N) is 1. The second-order valence-corrected chi connectivity index (χ2v) is 7.35. The predicted octanol–water partition coefficient (Wildman–Crippen LogP) is 2.61. The minimum atomic E-state index is 0.776. The molecule has 0 bridgehead atoms. The molecule has 25 heavy (non-hydrogen) atoms. The van der Waals surface area contributed by atoms with Crippen molar-refractivity contribution in [1.82, 2.24) is 24.8 Å². The number of hydrogen-bond donors (Lipinski definition) is 1. The van der Waals surface area contributed by atoms with E-state index in [2.05, 4.69) is 43.7 Å². The number of nitrogens with zero attached hydrogens (tertiary/aromatic N) is 5. The summed E-state index contributed by atoms with van der Waals surface area (Å²) < 4.78 is 2.06. The van der Waals surface area contributed by atoms with Gasteiger partial charge in [-0.1, -0.05) is 19.9 Å². The molecule has 3 heterocycles. The number of rotatable bonds is 6. The van der Waals surface area contributed by atoms with Gasteiger partial charge in [0.1, 0.15) is 5.82 Å². The van der Waals surface area contributed by atoms with E-state index in [-0.39, 0.29) is 0 Å². The monoisotopic (exact) mass is 342 g/mol. The van der Waals surface area contributed by atoms with Gasteiger partial charge < -0.3 is 10.2 Å². The lowest BCUT2D eigenvalue weighted by atomic mass is 9.97. The van der Waals surface area contributed by atoms with E-state index in [4.69, 9.17) is 0 Å². The topological polar surface area (TPSA) is 57.8 Å². The van der Waals surface area contributed by atoms with Crippen molar-refractivity contribution in [1.29, 1.82) is 0 Å². The second-order valence-electron chi connectivity index (χ2n) is 7.35. The average Bonchev–Trinajstić information content (AvgIpc) is 3.22. The lowest BCUT2D eigenvalue weighted by molar-refractivity contribution is 0.403. The first-order chi connectivity index (χ1) is 12.2. The molecular formula is C19H30N6. The molecule has 2 aromatic heterocycles. The Morgan fingerprint density at radius 1 is 1.36 bits per heavy atom. The smallest absolute Gasteiger partial charge is 0.193 e. The lowest BCUT2D eigenvalue weighted by Gasteiger charge is -2.22. The normalized spacial score (nSPS) is 18.5. The van der Waals surface area contributed by atoms with Crippen LogP contribution in [-0.2, 0) is 6.42 Å². The van der Waals surface area contributed by atoms with E-state index in [1.165, 1.54) is 12.8 Å². The van der Waals surface area contributed by atoms with Crippen molar-refractivity contribution in [3.8, 4) is 0 Å². The van der Waals surface area contributed by atoms with E-state index < -0.39 is 0 Å². The summed E-state index contributed by atoms with van der Waals surface area (Å²) in [6, 6.07) is 5.99. The van der Waals surface area contributed by atoms with Gasteiger partial charge in [-0.2, -0.15) is 0 Å². The van der Waals surface area contributed by atoms with Crippen LogP contribution in [-0.4, -0.2) is 52.1 Å². The van der Waals surface area contributed by atoms with Crippen LogP contribution in [0, 0.1) is 11.8 Å². The zero-order chi connectivity index (χ0) is 17.6. The first-order valence-electron chi connectivity index (χ1n) is 9.41. The number of hydrogen-bond acceptors (Lipinski definition) is 3. The Labute approximate surface area is 150 Å². The minimum Gasteiger partial charge on any atom is -0.356 e. The molecule has 6 nitrogen and oxygen atoms in total. The summed E-state index contributed by atoms with van der Waals surface area (Å²) in [5.41, 5.74) is 0.912. The standard InChI is InChI=1S/C19H30N6/c1-15(2)13-16-9-12-24(14-16)19(20-3)21-10-6-8-18-23-22-17-7-4-5-11-25(17)18/h4-5,7,11,15-16H,6,8-10,12-14H2,1-3H3,(H,20,21). The van der Waals surface area contributed by atoms with Crippen molar-refractivity contribution in [2.24, 2.45) is 16.8 Å². The van der Waals surface area contributed by atoms with Crippen molar-refractivity contribution in [3.05, 3.63) is 30.2 Å². The highest BCUT2D eigenvalue weighted by molar-refractivity contribution is 5.80. The summed E-state index contributed by atoms with van der Waals surface area (Å²) in [5.74, 6) is 3.64. The first-order valence-corrected chi connectivity index (χ1v) is 9.41. The molecule has 1 atom stereocenters. The molecule has 3 rings (SSSR count). The number of aryl methyl sites for hydroxylation is 1. The molecule has 1 unspecified atom stereocenters. The van der Waals surface area contributed by atoms with Gasteiger partial charge >= 0.3 is 0 Å². The van der Waals surface area contributed by atoms with Crippen LogP contribution in [0.15, 0.2) is 29.4 Å². The fraction of sp³-hybridized carbons (Fsp3) is 0.632. The van der Waals surface area contributed by atoms with Crippen molar-refractivity contribution in [3.63, 3.8) is 0 Å². The summed E-state index contributed by atoms with van der Waals surface area (Å²) in [5, 5.41) is 12.0. The van der Waals surface area contributed by atoms with Crippen molar-refractivity contribution >= 4 is 11.6 Å². The zero-order valence-corrected chi connectivity index (χ0v) is 15.6. The van der Waals surface area contributed by atoms with E-state index in [0.29, 0.717) is 0 Å². The Bertz CT molecular complexity index is 705. The summed E-state index contributed by atoms with van der Waals surface area (Å²) in [4.78, 5) is 6.87. The van der Waals surface area contributed by atoms with Crippen LogP contribution in [0.1, 0.15) is 38.9 Å². The van der Waals surface area contributed by atoms with Crippen molar-refractivity contribution in [2.45, 2.75) is 39.5 Å². The van der Waals surface area contributed by atoms with Crippen LogP contribution < -0.4 is 5.32 Å². The van der Waals surface area contributed by atoms with Crippen LogP contribution in [0.2, 0.25) is 0 Å². The summed E-state index contributed by atoms with van der Waals surface area (Å²) in [6.45, 7) is 7.77. The number of fused-ring (bicyclic) bond motifs is 1. The molecule has 0 aliphatic carbocycles. The van der Waals surface area contributed by atoms with Crippen LogP contribution in [0.25, 0.3) is 5.65 Å². The molecule has 6 heteroatoms. The van der Waals surface area contributed by atoms with Gasteiger partial charge in [-0.05, 0) is 43.2 Å². The summed E-state index contributed by atoms with van der Waals surface area (Å²) >= 11 is 0. The van der Waals surface area contributed by atoms with Crippen LogP contribution >= 0.6 is 0 Å². The highest BCUT2D eigenvalue weighted by Crippen LogP contribution is 2.23. The Morgan fingerprint density at radius 2 is 2.24 bits per heavy atom. The maximum absolute atomic E-state index is 4.47. The third kappa shape index (κ3) is 4.50. The van der Waals surface area contributed by atoms with Gasteiger partial charge in [0, 0.05) is 39.3 Å². The molecule has 1 N–H and O–H groups in total. The number of guanidine groups is 1. The van der Waals surface area contributed by atoms with Crippen LogP contribution in [0.4, 0.5) is 0 Å². The molecule has 2 aromatic rings. The molecule has 1 aliphatic heterocycles. The molecule has 136 valence electrons. The molecule has 0 radical (unpaired) electrons. The highest BCUT2D eigenvalue weighted by Gasteiger charge is 2.25. The van der Waals surface area contributed by atoms with E-state index in [1.807, 2.05) is 31.4 Å². The fourth-order valence-electron chi connectivity index (χ4n) is 3.72. The molecule has 1 saturated heterocycles. The van der Waals surface area contributed by atoms with Gasteiger partial charge in [-0.15, -0.1) is 10.2 Å². The Kier molecular flexibility index (Phi) is 5.89. The van der Waals surface area contributed by atoms with Crippen LogP contribution in [0.5, 0.6) is 0 Å². The van der Waals surface area contributed by atoms with E-state index in [1.54, 1.807) is 0 Å². The van der Waals surface area contributed by atoms with Crippen molar-refractivity contribution in [2.75, 3.05) is 26.7 Å². The molecular weight excluding hydrogens is 312 g/mol. The average molecular weight is 342 g/mol. The lowest BCUT2D eigenvalue weighted by Crippen LogP contribution is -2.40. The maximum atomic E-state index is 4.47. The number of likely N-dealkylation sites (tertiary alicyclic amines) is 1. The first kappa shape index (κ1) is 17.7. The number of aromatic nitrogens is 3. The Morgan fingerprint density at radius 3 is 3.04 bits per heavy atom. The van der Waals surface area contributed by atoms with E-state index in [9.17, 15) is 0 Å². The molecule has 0 spiro atoms. The van der Waals surface area contributed by atoms with E-state index >= 15 is 0 Å². The summed E-state index contributed by atoms with van der Waals surface area (Å²) in [7, 11) is 1.88. The summed E-state index contributed by atoms with van der Waals surface area (Å²) in [6.07, 6.45) is 6.54. The number of pyridine rings is 1. The van der Waals surface area contributed by atoms with Gasteiger partial charge in [0.25, 0.3) is 0 Å².